The van der Waals surface area contributed by atoms with Crippen molar-refractivity contribution in [3.05, 3.63) is 143 Å². The van der Waals surface area contributed by atoms with Crippen molar-refractivity contribution in [2.75, 3.05) is 0 Å². The van der Waals surface area contributed by atoms with E-state index in [0.717, 1.165) is 0 Å². The summed E-state index contributed by atoms with van der Waals surface area (Å²) >= 11 is 0. The molecule has 0 radical (unpaired) electrons. The van der Waals surface area contributed by atoms with Crippen LogP contribution in [0.4, 0.5) is 0 Å². The van der Waals surface area contributed by atoms with E-state index >= 15 is 0 Å². The van der Waals surface area contributed by atoms with Crippen LogP contribution >= 0.6 is 0 Å². The summed E-state index contributed by atoms with van der Waals surface area (Å²) in [6.45, 7) is 9.41. The fraction of sp³-hybridized carbons (Fsp3) is 0.478. The molecule has 0 aromatic heterocycles. The molecule has 4 unspecified atom stereocenters. The van der Waals surface area contributed by atoms with Gasteiger partial charge in [0.15, 0.2) is 0 Å². The molecule has 0 bridgehead atoms. The molecule has 4 rings (SSSR count). The van der Waals surface area contributed by atoms with Crippen molar-refractivity contribution in [1.82, 2.24) is 0 Å². The molecule has 0 nitrogen and oxygen atoms in total. The van der Waals surface area contributed by atoms with Crippen LogP contribution in [-0.4, -0.2) is 0 Å². The highest BCUT2D eigenvalue weighted by molar-refractivity contribution is 5.31. The molecule has 0 aliphatic rings. The first-order valence-corrected chi connectivity index (χ1v) is 18.9. The van der Waals surface area contributed by atoms with Crippen LogP contribution in [0.25, 0.3) is 0 Å². The summed E-state index contributed by atoms with van der Waals surface area (Å²) in [5.41, 5.74) is 8.98. The highest BCUT2D eigenvalue weighted by atomic mass is 14.3. The van der Waals surface area contributed by atoms with Gasteiger partial charge in [0.25, 0.3) is 0 Å². The van der Waals surface area contributed by atoms with E-state index in [1.165, 1.54) is 123 Å². The standard InChI is InChI=1S/C46H62/c1-5-8-10-14-20-38-26-30-41(31-27-38)37(4)34-45(44-32-28-39(29-33-44)21-15-11-9-6-2)36-46(43-24-18-13-19-25-43)35-40(7-3)42-22-16-12-17-23-42/h12-13,16-19,22-33,37,40,45-46H,5-11,14-15,20-21,34-36H2,1-4H3. The van der Waals surface area contributed by atoms with Gasteiger partial charge in [-0.15, -0.1) is 0 Å². The highest BCUT2D eigenvalue weighted by Gasteiger charge is 2.25. The summed E-state index contributed by atoms with van der Waals surface area (Å²) in [5, 5.41) is 0. The van der Waals surface area contributed by atoms with Crippen molar-refractivity contribution < 1.29 is 0 Å². The number of unbranched alkanes of at least 4 members (excludes halogenated alkanes) is 6. The summed E-state index contributed by atoms with van der Waals surface area (Å²) in [7, 11) is 0. The van der Waals surface area contributed by atoms with Gasteiger partial charge < -0.3 is 0 Å². The second kappa shape index (κ2) is 20.2. The number of rotatable bonds is 21. The minimum Gasteiger partial charge on any atom is -0.0654 e. The van der Waals surface area contributed by atoms with E-state index in [0.29, 0.717) is 23.7 Å². The van der Waals surface area contributed by atoms with Crippen molar-refractivity contribution in [1.29, 1.82) is 0 Å². The molecule has 4 aromatic rings. The van der Waals surface area contributed by atoms with Gasteiger partial charge in [0.05, 0.1) is 0 Å². The average Bonchev–Trinajstić information content (AvgIpc) is 3.11. The van der Waals surface area contributed by atoms with Crippen LogP contribution < -0.4 is 0 Å². The Balaban J connectivity index is 1.56. The Kier molecular flexibility index (Phi) is 15.7. The Bertz CT molecular complexity index is 1320. The van der Waals surface area contributed by atoms with Gasteiger partial charge in [-0.25, -0.2) is 0 Å². The normalized spacial score (nSPS) is 14.1. The van der Waals surface area contributed by atoms with Crippen molar-refractivity contribution >= 4 is 0 Å². The van der Waals surface area contributed by atoms with E-state index in [9.17, 15) is 0 Å². The predicted octanol–water partition coefficient (Wildman–Crippen LogP) is 14.0. The smallest absolute Gasteiger partial charge is 0.0150 e. The molecule has 0 saturated heterocycles. The molecule has 0 amide bonds. The summed E-state index contributed by atoms with van der Waals surface area (Å²) in [6.07, 6.45) is 17.7. The fourth-order valence-corrected chi connectivity index (χ4v) is 7.46. The molecule has 0 aliphatic carbocycles. The molecule has 46 heavy (non-hydrogen) atoms. The van der Waals surface area contributed by atoms with Crippen molar-refractivity contribution in [3.63, 3.8) is 0 Å². The van der Waals surface area contributed by atoms with Gasteiger partial charge in [-0.05, 0) is 108 Å². The monoisotopic (exact) mass is 614 g/mol. The van der Waals surface area contributed by atoms with Gasteiger partial charge in [0.2, 0.25) is 0 Å². The highest BCUT2D eigenvalue weighted by Crippen LogP contribution is 2.42. The number of aryl methyl sites for hydroxylation is 2. The molecule has 0 fully saturated rings. The van der Waals surface area contributed by atoms with Crippen molar-refractivity contribution in [2.45, 2.75) is 141 Å². The van der Waals surface area contributed by atoms with Crippen molar-refractivity contribution in [3.8, 4) is 0 Å². The number of benzene rings is 4. The zero-order valence-electron chi connectivity index (χ0n) is 29.6. The second-order valence-electron chi connectivity index (χ2n) is 14.0. The summed E-state index contributed by atoms with van der Waals surface area (Å²) < 4.78 is 0. The van der Waals surface area contributed by atoms with Gasteiger partial charge in [-0.3, -0.25) is 0 Å². The maximum Gasteiger partial charge on any atom is -0.0150 e. The lowest BCUT2D eigenvalue weighted by atomic mass is 9.75. The maximum absolute atomic E-state index is 2.47. The summed E-state index contributed by atoms with van der Waals surface area (Å²) in [6, 6.07) is 42.1. The molecule has 4 aromatic carbocycles. The topological polar surface area (TPSA) is 0 Å². The molecule has 0 heterocycles. The lowest BCUT2D eigenvalue weighted by Crippen LogP contribution is -2.13. The van der Waals surface area contributed by atoms with Gasteiger partial charge in [-0.2, -0.15) is 0 Å². The first-order valence-electron chi connectivity index (χ1n) is 18.9. The Hall–Kier alpha value is -3.12. The van der Waals surface area contributed by atoms with E-state index in [-0.39, 0.29) is 0 Å². The predicted molar refractivity (Wildman–Crippen MR) is 202 cm³/mol. The lowest BCUT2D eigenvalue weighted by molar-refractivity contribution is 0.428. The van der Waals surface area contributed by atoms with E-state index < -0.39 is 0 Å². The van der Waals surface area contributed by atoms with Crippen molar-refractivity contribution in [2.24, 2.45) is 0 Å². The summed E-state index contributed by atoms with van der Waals surface area (Å²) in [4.78, 5) is 0. The van der Waals surface area contributed by atoms with Crippen LogP contribution in [0.15, 0.2) is 109 Å². The Morgan fingerprint density at radius 2 is 0.804 bits per heavy atom. The van der Waals surface area contributed by atoms with Crippen LogP contribution in [0, 0.1) is 0 Å². The lowest BCUT2D eigenvalue weighted by Gasteiger charge is -2.30. The molecule has 0 spiro atoms. The second-order valence-corrected chi connectivity index (χ2v) is 14.0. The van der Waals surface area contributed by atoms with Crippen LogP contribution in [0.1, 0.15) is 162 Å². The zero-order chi connectivity index (χ0) is 32.4. The van der Waals surface area contributed by atoms with Crippen LogP contribution in [0.3, 0.4) is 0 Å². The van der Waals surface area contributed by atoms with Gasteiger partial charge >= 0.3 is 0 Å². The van der Waals surface area contributed by atoms with Gasteiger partial charge in [0, 0.05) is 0 Å². The maximum atomic E-state index is 2.47. The molecule has 0 N–H and O–H groups in total. The Morgan fingerprint density at radius 1 is 0.391 bits per heavy atom. The number of hydrogen-bond acceptors (Lipinski definition) is 0. The SMILES string of the molecule is CCCCCCc1ccc(C(C)CC(CC(CC(CC)c2ccccc2)c2ccccc2)c2ccc(CCCCCC)cc2)cc1. The third-order valence-electron chi connectivity index (χ3n) is 10.4. The average molecular weight is 615 g/mol. The molecule has 0 saturated carbocycles. The summed E-state index contributed by atoms with van der Waals surface area (Å²) in [5.74, 6) is 2.11. The molecular weight excluding hydrogens is 553 g/mol. The van der Waals surface area contributed by atoms with E-state index in [4.69, 9.17) is 0 Å². The minimum absolute atomic E-state index is 0.511. The van der Waals surface area contributed by atoms with E-state index in [1.807, 2.05) is 0 Å². The quantitative estimate of drug-likeness (QED) is 0.0819. The minimum atomic E-state index is 0.511. The Labute approximate surface area is 283 Å². The van der Waals surface area contributed by atoms with Crippen LogP contribution in [0.2, 0.25) is 0 Å². The number of hydrogen-bond donors (Lipinski definition) is 0. The zero-order valence-corrected chi connectivity index (χ0v) is 29.6. The fourth-order valence-electron chi connectivity index (χ4n) is 7.46. The van der Waals surface area contributed by atoms with E-state index in [2.05, 4.69) is 137 Å². The van der Waals surface area contributed by atoms with Gasteiger partial charge in [-0.1, -0.05) is 175 Å². The molecule has 0 aliphatic heterocycles. The molecular formula is C46H62. The Morgan fingerprint density at radius 3 is 1.28 bits per heavy atom. The van der Waals surface area contributed by atoms with Crippen LogP contribution in [0.5, 0.6) is 0 Å². The largest absolute Gasteiger partial charge is 0.0654 e. The molecule has 0 heteroatoms. The first-order chi connectivity index (χ1) is 22.6. The first kappa shape index (κ1) is 35.7. The third-order valence-corrected chi connectivity index (χ3v) is 10.4. The van der Waals surface area contributed by atoms with Crippen LogP contribution in [-0.2, 0) is 12.8 Å². The molecule has 4 atom stereocenters. The third kappa shape index (κ3) is 11.6. The van der Waals surface area contributed by atoms with E-state index in [1.54, 1.807) is 0 Å². The molecule has 246 valence electrons. The van der Waals surface area contributed by atoms with Gasteiger partial charge in [0.1, 0.15) is 0 Å².